The fourth-order valence-electron chi connectivity index (χ4n) is 1.87. The third-order valence-electron chi connectivity index (χ3n) is 2.63. The average molecular weight is 292 g/mol. The van der Waals surface area contributed by atoms with Gasteiger partial charge in [0.25, 0.3) is 5.91 Å². The third kappa shape index (κ3) is 3.54. The average Bonchev–Trinajstić information content (AvgIpc) is 2.36. The van der Waals surface area contributed by atoms with Crippen molar-refractivity contribution in [2.24, 2.45) is 5.92 Å². The van der Waals surface area contributed by atoms with Gasteiger partial charge in [-0.15, -0.1) is 0 Å². The third-order valence-corrected chi connectivity index (χ3v) is 4.23. The van der Waals surface area contributed by atoms with E-state index in [0.717, 1.165) is 5.39 Å². The summed E-state index contributed by atoms with van der Waals surface area (Å²) in [6.45, 7) is 3.55. The van der Waals surface area contributed by atoms with E-state index in [1.54, 1.807) is 26.0 Å². The van der Waals surface area contributed by atoms with Crippen LogP contribution in [0.15, 0.2) is 36.4 Å². The lowest BCUT2D eigenvalue weighted by atomic mass is 10.2. The zero-order valence-electron chi connectivity index (χ0n) is 11.3. The summed E-state index contributed by atoms with van der Waals surface area (Å²) in [6, 6.07) is 10.6. The Hall–Kier alpha value is -1.95. The Kier molecular flexibility index (Phi) is 4.04. The maximum Gasteiger partial charge on any atom is 0.283 e. The molecule has 0 saturated heterocycles. The van der Waals surface area contributed by atoms with Gasteiger partial charge in [0.05, 0.1) is 11.3 Å². The Bertz CT molecular complexity index is 739. The fraction of sp³-hybridized carbons (Fsp3) is 0.286. The van der Waals surface area contributed by atoms with Crippen LogP contribution in [0.1, 0.15) is 24.3 Å². The minimum absolute atomic E-state index is 0.0511. The molecule has 1 amide bonds. The van der Waals surface area contributed by atoms with Crippen LogP contribution in [0.3, 0.4) is 0 Å². The van der Waals surface area contributed by atoms with E-state index in [2.05, 4.69) is 4.98 Å². The molecule has 1 aromatic heterocycles. The second kappa shape index (κ2) is 5.58. The summed E-state index contributed by atoms with van der Waals surface area (Å²) in [5.41, 5.74) is 0.748. The maximum absolute atomic E-state index is 11.9. The van der Waals surface area contributed by atoms with Crippen molar-refractivity contribution in [3.05, 3.63) is 42.1 Å². The molecule has 1 aromatic carbocycles. The van der Waals surface area contributed by atoms with E-state index in [0.29, 0.717) is 5.52 Å². The number of amides is 1. The van der Waals surface area contributed by atoms with Crippen LogP contribution in [0.2, 0.25) is 0 Å². The highest BCUT2D eigenvalue weighted by atomic mass is 32.2. The number of aromatic nitrogens is 1. The van der Waals surface area contributed by atoms with Crippen molar-refractivity contribution >= 4 is 26.8 Å². The number of hydrogen-bond donors (Lipinski definition) is 1. The van der Waals surface area contributed by atoms with Crippen LogP contribution >= 0.6 is 0 Å². The summed E-state index contributed by atoms with van der Waals surface area (Å²) in [4.78, 5) is 16.1. The van der Waals surface area contributed by atoms with Gasteiger partial charge in [0, 0.05) is 5.39 Å². The van der Waals surface area contributed by atoms with Gasteiger partial charge in [-0.25, -0.2) is 18.1 Å². The molecule has 1 N–H and O–H groups in total. The summed E-state index contributed by atoms with van der Waals surface area (Å²) in [5, 5.41) is 0.897. The number of carbonyl (C=O) groups is 1. The summed E-state index contributed by atoms with van der Waals surface area (Å²) in [5.74, 6) is -0.840. The SMILES string of the molecule is CC(C)CS(=O)(=O)NC(=O)c1ccc2ccccc2n1. The molecule has 0 saturated carbocycles. The molecule has 0 aliphatic rings. The predicted molar refractivity (Wildman–Crippen MR) is 77.8 cm³/mol. The van der Waals surface area contributed by atoms with Gasteiger partial charge < -0.3 is 0 Å². The van der Waals surface area contributed by atoms with Gasteiger partial charge in [-0.3, -0.25) is 4.79 Å². The Labute approximate surface area is 118 Å². The van der Waals surface area contributed by atoms with E-state index < -0.39 is 15.9 Å². The molecule has 6 heteroatoms. The van der Waals surface area contributed by atoms with Gasteiger partial charge in [-0.2, -0.15) is 0 Å². The molecule has 0 atom stereocenters. The van der Waals surface area contributed by atoms with E-state index >= 15 is 0 Å². The number of para-hydroxylation sites is 1. The summed E-state index contributed by atoms with van der Waals surface area (Å²) in [7, 11) is -3.62. The first-order chi connectivity index (χ1) is 9.37. The molecule has 1 heterocycles. The van der Waals surface area contributed by atoms with Gasteiger partial charge in [0.1, 0.15) is 5.69 Å². The highest BCUT2D eigenvalue weighted by molar-refractivity contribution is 7.90. The molecule has 2 aromatic rings. The summed E-state index contributed by atoms with van der Waals surface area (Å²) in [6.07, 6.45) is 0. The number of benzene rings is 1. The minimum atomic E-state index is -3.62. The van der Waals surface area contributed by atoms with E-state index in [1.807, 2.05) is 22.9 Å². The molecule has 0 bridgehead atoms. The molecule has 0 radical (unpaired) electrons. The lowest BCUT2D eigenvalue weighted by Crippen LogP contribution is -2.34. The Morgan fingerprint density at radius 1 is 1.20 bits per heavy atom. The van der Waals surface area contributed by atoms with Crippen molar-refractivity contribution < 1.29 is 13.2 Å². The van der Waals surface area contributed by atoms with Crippen molar-refractivity contribution in [1.29, 1.82) is 0 Å². The van der Waals surface area contributed by atoms with Crippen LogP contribution in [0.25, 0.3) is 10.9 Å². The van der Waals surface area contributed by atoms with E-state index in [9.17, 15) is 13.2 Å². The van der Waals surface area contributed by atoms with Crippen molar-refractivity contribution in [2.75, 3.05) is 5.75 Å². The Morgan fingerprint density at radius 3 is 2.60 bits per heavy atom. The number of nitrogens with one attached hydrogen (secondary N) is 1. The standard InChI is InChI=1S/C14H16N2O3S/c1-10(2)9-20(18,19)16-14(17)13-8-7-11-5-3-4-6-12(11)15-13/h3-8,10H,9H2,1-2H3,(H,16,17). The van der Waals surface area contributed by atoms with Gasteiger partial charge in [0.15, 0.2) is 0 Å². The molecule has 106 valence electrons. The van der Waals surface area contributed by atoms with Gasteiger partial charge in [-0.05, 0) is 18.1 Å². The molecule has 5 nitrogen and oxygen atoms in total. The topological polar surface area (TPSA) is 76.1 Å². The zero-order chi connectivity index (χ0) is 14.8. The fourth-order valence-corrected chi connectivity index (χ4v) is 3.21. The molecule has 20 heavy (non-hydrogen) atoms. The van der Waals surface area contributed by atoms with Crippen molar-refractivity contribution in [3.8, 4) is 0 Å². The second-order valence-electron chi connectivity index (χ2n) is 5.00. The van der Waals surface area contributed by atoms with Crippen LogP contribution < -0.4 is 4.72 Å². The summed E-state index contributed by atoms with van der Waals surface area (Å²) >= 11 is 0. The lowest BCUT2D eigenvalue weighted by molar-refractivity contribution is 0.0977. The maximum atomic E-state index is 11.9. The summed E-state index contributed by atoms with van der Waals surface area (Å²) < 4.78 is 25.5. The monoisotopic (exact) mass is 292 g/mol. The first-order valence-electron chi connectivity index (χ1n) is 6.28. The number of pyridine rings is 1. The minimum Gasteiger partial charge on any atom is -0.266 e. The van der Waals surface area contributed by atoms with Crippen molar-refractivity contribution in [2.45, 2.75) is 13.8 Å². The van der Waals surface area contributed by atoms with E-state index in [1.165, 1.54) is 6.07 Å². The van der Waals surface area contributed by atoms with Crippen molar-refractivity contribution in [3.63, 3.8) is 0 Å². The molecular weight excluding hydrogens is 276 g/mol. The predicted octanol–water partition coefficient (Wildman–Crippen LogP) is 1.95. The first-order valence-corrected chi connectivity index (χ1v) is 7.93. The molecule has 0 aliphatic heterocycles. The molecular formula is C14H16N2O3S. The van der Waals surface area contributed by atoms with Crippen LogP contribution in [-0.4, -0.2) is 25.1 Å². The first kappa shape index (κ1) is 14.5. The molecule has 0 fully saturated rings. The molecule has 0 spiro atoms. The largest absolute Gasteiger partial charge is 0.283 e. The Morgan fingerprint density at radius 2 is 1.90 bits per heavy atom. The number of hydrogen-bond acceptors (Lipinski definition) is 4. The van der Waals surface area contributed by atoms with Gasteiger partial charge >= 0.3 is 0 Å². The highest BCUT2D eigenvalue weighted by Crippen LogP contribution is 2.12. The number of fused-ring (bicyclic) bond motifs is 1. The molecule has 0 unspecified atom stereocenters. The molecule has 2 rings (SSSR count). The van der Waals surface area contributed by atoms with Crippen LogP contribution in [-0.2, 0) is 10.0 Å². The van der Waals surface area contributed by atoms with E-state index in [-0.39, 0.29) is 17.4 Å². The number of carbonyl (C=O) groups excluding carboxylic acids is 1. The number of sulfonamides is 1. The molecule has 0 aliphatic carbocycles. The zero-order valence-corrected chi connectivity index (χ0v) is 12.1. The lowest BCUT2D eigenvalue weighted by Gasteiger charge is -2.08. The van der Waals surface area contributed by atoms with Crippen LogP contribution in [0, 0.1) is 5.92 Å². The number of rotatable bonds is 4. The quantitative estimate of drug-likeness (QED) is 0.934. The smallest absolute Gasteiger partial charge is 0.266 e. The van der Waals surface area contributed by atoms with Gasteiger partial charge in [0.2, 0.25) is 10.0 Å². The highest BCUT2D eigenvalue weighted by Gasteiger charge is 2.18. The second-order valence-corrected chi connectivity index (χ2v) is 6.76. The van der Waals surface area contributed by atoms with Crippen LogP contribution in [0.5, 0.6) is 0 Å². The normalized spacial score (nSPS) is 11.8. The van der Waals surface area contributed by atoms with E-state index in [4.69, 9.17) is 0 Å². The Balaban J connectivity index is 2.23. The van der Waals surface area contributed by atoms with Gasteiger partial charge in [-0.1, -0.05) is 38.1 Å². The van der Waals surface area contributed by atoms with Crippen LogP contribution in [0.4, 0.5) is 0 Å². The van der Waals surface area contributed by atoms with Crippen molar-refractivity contribution in [1.82, 2.24) is 9.71 Å². The number of nitrogens with zero attached hydrogens (tertiary/aromatic N) is 1.